The molecule has 2 aromatic rings. The topological polar surface area (TPSA) is 290 Å². The van der Waals surface area contributed by atoms with Gasteiger partial charge in [0.2, 0.25) is 17.7 Å². The Morgan fingerprint density at radius 3 is 1.81 bits per heavy atom. The molecule has 9 N–H and O–H groups in total. The van der Waals surface area contributed by atoms with Crippen LogP contribution in [0.2, 0.25) is 0 Å². The summed E-state index contributed by atoms with van der Waals surface area (Å²) in [7, 11) is 0. The smallest absolute Gasteiger partial charge is 0.326 e. The fourth-order valence-corrected chi connectivity index (χ4v) is 6.00. The van der Waals surface area contributed by atoms with Gasteiger partial charge in [-0.2, -0.15) is 0 Å². The summed E-state index contributed by atoms with van der Waals surface area (Å²) in [6, 6.07) is 12.6. The number of rotatable bonds is 26. The van der Waals surface area contributed by atoms with E-state index in [0.717, 1.165) is 10.5 Å². The van der Waals surface area contributed by atoms with Crippen molar-refractivity contribution in [2.45, 2.75) is 82.3 Å². The second kappa shape index (κ2) is 24.3. The Morgan fingerprint density at radius 1 is 0.627 bits per heavy atom. The van der Waals surface area contributed by atoms with Crippen molar-refractivity contribution in [2.75, 3.05) is 25.0 Å². The van der Waals surface area contributed by atoms with E-state index in [1.54, 1.807) is 48.5 Å². The third-order valence-corrected chi connectivity index (χ3v) is 9.24. The molecular formula is C39H48ClN7O12. The van der Waals surface area contributed by atoms with Crippen LogP contribution in [0.1, 0.15) is 63.4 Å². The highest BCUT2D eigenvalue weighted by atomic mass is 35.5. The molecule has 20 heteroatoms. The number of unbranched alkanes of at least 4 members (excludes halogenated alkanes) is 3. The lowest BCUT2D eigenvalue weighted by atomic mass is 10.0. The summed E-state index contributed by atoms with van der Waals surface area (Å²) in [5.41, 5.74) is 1.43. The van der Waals surface area contributed by atoms with Crippen LogP contribution in [-0.4, -0.2) is 111 Å². The summed E-state index contributed by atoms with van der Waals surface area (Å²) < 4.78 is 0. The van der Waals surface area contributed by atoms with Gasteiger partial charge in [0.15, 0.2) is 0 Å². The van der Waals surface area contributed by atoms with E-state index in [1.807, 2.05) is 17.4 Å². The molecule has 19 nitrogen and oxygen atoms in total. The highest BCUT2D eigenvalue weighted by Gasteiger charge is 2.37. The van der Waals surface area contributed by atoms with Crippen molar-refractivity contribution in [3.8, 4) is 0 Å². The first-order valence-electron chi connectivity index (χ1n) is 18.9. The second-order valence-corrected chi connectivity index (χ2v) is 13.8. The minimum absolute atomic E-state index is 0.0210. The maximum atomic E-state index is 13.2. The number of carbonyl (C=O) groups excluding carboxylic acids is 6. The minimum atomic E-state index is -1.58. The molecule has 0 spiro atoms. The highest BCUT2D eigenvalue weighted by molar-refractivity contribution is 6.48. The fourth-order valence-electron chi connectivity index (χ4n) is 5.77. The maximum absolute atomic E-state index is 13.2. The van der Waals surface area contributed by atoms with Crippen LogP contribution in [0.25, 0.3) is 0 Å². The van der Waals surface area contributed by atoms with Gasteiger partial charge < -0.3 is 47.2 Å². The third-order valence-electron chi connectivity index (χ3n) is 8.88. The molecule has 1 aliphatic rings. The van der Waals surface area contributed by atoms with E-state index in [4.69, 9.17) is 16.7 Å². The van der Waals surface area contributed by atoms with Crippen LogP contribution in [0, 0.1) is 0 Å². The summed E-state index contributed by atoms with van der Waals surface area (Å²) in [5.74, 6) is -6.84. The van der Waals surface area contributed by atoms with Crippen LogP contribution < -0.4 is 31.9 Å². The van der Waals surface area contributed by atoms with Gasteiger partial charge in [-0.1, -0.05) is 73.0 Å². The number of nitrogens with zero attached hydrogens (tertiary/aromatic N) is 1. The molecule has 0 aromatic heterocycles. The molecule has 0 fully saturated rings. The summed E-state index contributed by atoms with van der Waals surface area (Å²) in [5, 5.41) is 42.1. The summed E-state index contributed by atoms with van der Waals surface area (Å²) in [4.78, 5) is 111. The van der Waals surface area contributed by atoms with E-state index in [9.17, 15) is 53.4 Å². The Bertz CT molecular complexity index is 1860. The summed E-state index contributed by atoms with van der Waals surface area (Å²) >= 11 is 6.16. The van der Waals surface area contributed by atoms with Gasteiger partial charge in [-0.25, -0.2) is 14.4 Å². The molecule has 3 rings (SSSR count). The molecular weight excluding hydrogens is 794 g/mol. The fraction of sp³-hybridized carbons (Fsp3) is 0.410. The van der Waals surface area contributed by atoms with Crippen molar-refractivity contribution in [3.63, 3.8) is 0 Å². The van der Waals surface area contributed by atoms with Crippen LogP contribution in [0.5, 0.6) is 0 Å². The number of hydrogen-bond acceptors (Lipinski definition) is 10. The first-order chi connectivity index (χ1) is 28.2. The Labute approximate surface area is 344 Å². The number of hydrogen-bond donors (Lipinski definition) is 9. The number of benzene rings is 2. The average Bonchev–Trinajstić information content (AvgIpc) is 3.39. The summed E-state index contributed by atoms with van der Waals surface area (Å²) in [6.45, 7) is 0.0794. The maximum Gasteiger partial charge on any atom is 0.326 e. The van der Waals surface area contributed by atoms with Crippen molar-refractivity contribution in [2.24, 2.45) is 0 Å². The molecule has 0 saturated carbocycles. The molecule has 0 bridgehead atoms. The zero-order valence-corrected chi connectivity index (χ0v) is 32.8. The van der Waals surface area contributed by atoms with Gasteiger partial charge in [-0.3, -0.25) is 33.7 Å². The number of carboxylic acids is 3. The summed E-state index contributed by atoms with van der Waals surface area (Å²) in [6.07, 6.45) is 0.819. The minimum Gasteiger partial charge on any atom is -0.481 e. The van der Waals surface area contributed by atoms with E-state index in [1.165, 1.54) is 0 Å². The number of aliphatic carboxylic acids is 3. The molecule has 2 aromatic carbocycles. The third kappa shape index (κ3) is 16.5. The number of carboxylic acid groups (broad SMARTS) is 3. The number of urea groups is 1. The van der Waals surface area contributed by atoms with Crippen LogP contribution >= 0.6 is 11.6 Å². The predicted octanol–water partition coefficient (Wildman–Crippen LogP) is 1.68. The second-order valence-electron chi connectivity index (χ2n) is 13.4. The molecule has 7 amide bonds. The van der Waals surface area contributed by atoms with E-state index >= 15 is 0 Å². The van der Waals surface area contributed by atoms with Crippen molar-refractivity contribution in [3.05, 3.63) is 77.0 Å². The molecule has 0 unspecified atom stereocenters. The molecule has 0 aliphatic carbocycles. The van der Waals surface area contributed by atoms with Crippen LogP contribution in [-0.2, 0) is 44.8 Å². The monoisotopic (exact) mass is 841 g/mol. The van der Waals surface area contributed by atoms with Crippen molar-refractivity contribution in [1.82, 2.24) is 31.5 Å². The molecule has 59 heavy (non-hydrogen) atoms. The highest BCUT2D eigenvalue weighted by Crippen LogP contribution is 2.26. The zero-order valence-electron chi connectivity index (χ0n) is 32.0. The number of imide groups is 1. The number of para-hydroxylation sites is 1. The quantitative estimate of drug-likeness (QED) is 0.0482. The predicted molar refractivity (Wildman–Crippen MR) is 211 cm³/mol. The number of carbonyl (C=O) groups is 9. The first-order valence-corrected chi connectivity index (χ1v) is 19.2. The van der Waals surface area contributed by atoms with E-state index in [0.29, 0.717) is 31.4 Å². The average molecular weight is 842 g/mol. The van der Waals surface area contributed by atoms with Gasteiger partial charge in [0, 0.05) is 51.0 Å². The first kappa shape index (κ1) is 46.9. The Kier molecular flexibility index (Phi) is 19.3. The standard InChI is InChI=1S/C39H48ClN7O12/c40-32-33(43-25-13-7-4-8-14-25)36(54)47(35(32)53)22-10-2-1-9-15-30(49)44-28(23-24-11-5-3-6-12-24)34(52)42-21-20-41-29(48)18-16-26(37(55)56)45-39(59)46-27(38(57)58)17-19-31(50)51/h3-8,11-14,26-28,43H,1-2,9-10,15-23H2,(H,41,48)(H,42,52)(H,44,49)(H,50,51)(H,55,56)(H,57,58)(H2,45,46,59)/t26-,27-,28-/m0/s1. The van der Waals surface area contributed by atoms with Crippen LogP contribution in [0.15, 0.2) is 71.4 Å². The number of anilines is 1. The van der Waals surface area contributed by atoms with Crippen LogP contribution in [0.3, 0.4) is 0 Å². The molecule has 0 saturated heterocycles. The Morgan fingerprint density at radius 2 is 1.20 bits per heavy atom. The Hall–Kier alpha value is -6.50. The van der Waals surface area contributed by atoms with E-state index in [-0.39, 0.29) is 62.0 Å². The lowest BCUT2D eigenvalue weighted by Gasteiger charge is -2.19. The number of amides is 7. The zero-order chi connectivity index (χ0) is 43.3. The van der Waals surface area contributed by atoms with E-state index < -0.39 is 78.5 Å². The van der Waals surface area contributed by atoms with Crippen molar-refractivity contribution < 1.29 is 58.5 Å². The van der Waals surface area contributed by atoms with Gasteiger partial charge in [-0.15, -0.1) is 0 Å². The lowest BCUT2D eigenvalue weighted by molar-refractivity contribution is -0.141. The van der Waals surface area contributed by atoms with Gasteiger partial charge in [0.25, 0.3) is 11.8 Å². The van der Waals surface area contributed by atoms with Crippen LogP contribution in [0.4, 0.5) is 10.5 Å². The van der Waals surface area contributed by atoms with Gasteiger partial charge in [0.05, 0.1) is 0 Å². The molecule has 3 atom stereocenters. The van der Waals surface area contributed by atoms with Gasteiger partial charge in [0.1, 0.15) is 28.9 Å². The molecule has 0 radical (unpaired) electrons. The normalized spacial score (nSPS) is 13.8. The molecule has 1 aliphatic heterocycles. The van der Waals surface area contributed by atoms with Crippen molar-refractivity contribution in [1.29, 1.82) is 0 Å². The van der Waals surface area contributed by atoms with Crippen molar-refractivity contribution >= 4 is 70.8 Å². The van der Waals surface area contributed by atoms with Gasteiger partial charge in [-0.05, 0) is 43.4 Å². The molecule has 318 valence electrons. The molecule has 1 heterocycles. The van der Waals surface area contributed by atoms with Gasteiger partial charge >= 0.3 is 23.9 Å². The largest absolute Gasteiger partial charge is 0.481 e. The van der Waals surface area contributed by atoms with E-state index in [2.05, 4.69) is 26.6 Å². The number of nitrogens with one attached hydrogen (secondary N) is 6. The SMILES string of the molecule is O=C(O)CC[C@H](NC(=O)N[C@@H](CCC(=O)NCCNC(=O)[C@H](Cc1ccccc1)NC(=O)CCCCCCN1C(=O)C(Cl)=C(Nc2ccccc2)C1=O)C(=O)O)C(=O)O. The lowest BCUT2D eigenvalue weighted by Crippen LogP contribution is -2.51. The number of halogens is 1. The Balaban J connectivity index is 1.39.